The van der Waals surface area contributed by atoms with Crippen molar-refractivity contribution in [3.05, 3.63) is 0 Å². The Morgan fingerprint density at radius 2 is 1.91 bits per heavy atom. The fourth-order valence-electron chi connectivity index (χ4n) is 0.625. The van der Waals surface area contributed by atoms with E-state index in [-0.39, 0.29) is 18.9 Å². The maximum atomic E-state index is 8.65. The van der Waals surface area contributed by atoms with Crippen molar-refractivity contribution in [2.75, 3.05) is 27.4 Å². The Bertz CT molecular complexity index is 85.8. The van der Waals surface area contributed by atoms with E-state index in [4.69, 9.17) is 14.6 Å². The first-order valence-corrected chi connectivity index (χ1v) is 3.64. The number of aliphatic hydroxyl groups excluding tert-OH is 1. The van der Waals surface area contributed by atoms with Crippen molar-refractivity contribution in [3.8, 4) is 0 Å². The first-order chi connectivity index (χ1) is 5.24. The van der Waals surface area contributed by atoms with Crippen LogP contribution in [-0.4, -0.2) is 44.8 Å². The minimum atomic E-state index is -0.232. The van der Waals surface area contributed by atoms with Crippen LogP contribution in [0.5, 0.6) is 0 Å². The zero-order valence-corrected chi connectivity index (χ0v) is 7.33. The molecule has 0 spiro atoms. The third kappa shape index (κ3) is 5.15. The highest BCUT2D eigenvalue weighted by molar-refractivity contribution is 4.58. The standard InChI is InChI=1S/C7H17NO3/c1-6(5-9)8-4-7(10-2)11-3/h6-9H,4-5H2,1-3H3. The number of rotatable bonds is 6. The lowest BCUT2D eigenvalue weighted by atomic mass is 10.3. The molecule has 0 aliphatic carbocycles. The summed E-state index contributed by atoms with van der Waals surface area (Å²) in [5.41, 5.74) is 0. The molecule has 11 heavy (non-hydrogen) atoms. The molecule has 0 saturated heterocycles. The molecular formula is C7H17NO3. The maximum Gasteiger partial charge on any atom is 0.169 e. The number of methoxy groups -OCH3 is 2. The van der Waals surface area contributed by atoms with E-state index in [1.807, 2.05) is 6.92 Å². The molecule has 0 heterocycles. The van der Waals surface area contributed by atoms with Crippen LogP contribution in [0, 0.1) is 0 Å². The second-order valence-electron chi connectivity index (χ2n) is 2.39. The summed E-state index contributed by atoms with van der Waals surface area (Å²) >= 11 is 0. The summed E-state index contributed by atoms with van der Waals surface area (Å²) < 4.78 is 9.86. The molecule has 0 bridgehead atoms. The third-order valence-corrected chi connectivity index (χ3v) is 1.43. The van der Waals surface area contributed by atoms with Gasteiger partial charge in [0.25, 0.3) is 0 Å². The molecule has 0 aromatic heterocycles. The molecule has 0 aliphatic heterocycles. The van der Waals surface area contributed by atoms with Gasteiger partial charge in [-0.15, -0.1) is 0 Å². The first kappa shape index (κ1) is 10.8. The molecule has 2 N–H and O–H groups in total. The highest BCUT2D eigenvalue weighted by Crippen LogP contribution is 1.88. The summed E-state index contributed by atoms with van der Waals surface area (Å²) in [5.74, 6) is 0. The monoisotopic (exact) mass is 163 g/mol. The van der Waals surface area contributed by atoms with E-state index in [2.05, 4.69) is 5.32 Å². The fraction of sp³-hybridized carbons (Fsp3) is 1.00. The van der Waals surface area contributed by atoms with E-state index in [0.29, 0.717) is 6.54 Å². The van der Waals surface area contributed by atoms with Gasteiger partial charge in [0.1, 0.15) is 0 Å². The summed E-state index contributed by atoms with van der Waals surface area (Å²) in [6, 6.07) is 0.0859. The van der Waals surface area contributed by atoms with Crippen molar-refractivity contribution in [1.29, 1.82) is 0 Å². The molecule has 0 aliphatic rings. The van der Waals surface area contributed by atoms with Gasteiger partial charge in [-0.3, -0.25) is 0 Å². The van der Waals surface area contributed by atoms with E-state index >= 15 is 0 Å². The molecule has 0 rings (SSSR count). The zero-order chi connectivity index (χ0) is 8.69. The normalized spacial score (nSPS) is 13.9. The number of hydrogen-bond donors (Lipinski definition) is 2. The Morgan fingerprint density at radius 3 is 2.27 bits per heavy atom. The van der Waals surface area contributed by atoms with Gasteiger partial charge in [0.2, 0.25) is 0 Å². The lowest BCUT2D eigenvalue weighted by molar-refractivity contribution is -0.100. The molecule has 0 fully saturated rings. The van der Waals surface area contributed by atoms with Crippen molar-refractivity contribution < 1.29 is 14.6 Å². The minimum Gasteiger partial charge on any atom is -0.395 e. The van der Waals surface area contributed by atoms with Gasteiger partial charge in [0.15, 0.2) is 6.29 Å². The molecule has 0 saturated carbocycles. The van der Waals surface area contributed by atoms with Crippen LogP contribution in [-0.2, 0) is 9.47 Å². The Hall–Kier alpha value is -0.160. The van der Waals surface area contributed by atoms with E-state index in [0.717, 1.165) is 0 Å². The van der Waals surface area contributed by atoms with Gasteiger partial charge in [-0.1, -0.05) is 0 Å². The van der Waals surface area contributed by atoms with Gasteiger partial charge < -0.3 is 19.9 Å². The average Bonchev–Trinajstić information content (AvgIpc) is 2.06. The minimum absolute atomic E-state index is 0.0859. The van der Waals surface area contributed by atoms with E-state index in [1.165, 1.54) is 0 Å². The predicted molar refractivity (Wildman–Crippen MR) is 42.4 cm³/mol. The lowest BCUT2D eigenvalue weighted by Crippen LogP contribution is -2.37. The van der Waals surface area contributed by atoms with Gasteiger partial charge in [-0.05, 0) is 6.92 Å². The maximum absolute atomic E-state index is 8.65. The number of nitrogens with one attached hydrogen (secondary N) is 1. The van der Waals surface area contributed by atoms with Crippen molar-refractivity contribution >= 4 is 0 Å². The van der Waals surface area contributed by atoms with Gasteiger partial charge in [0, 0.05) is 26.8 Å². The molecule has 68 valence electrons. The van der Waals surface area contributed by atoms with E-state index in [1.54, 1.807) is 14.2 Å². The average molecular weight is 163 g/mol. The highest BCUT2D eigenvalue weighted by atomic mass is 16.7. The summed E-state index contributed by atoms with van der Waals surface area (Å²) in [5, 5.41) is 11.7. The molecule has 4 heteroatoms. The van der Waals surface area contributed by atoms with Crippen molar-refractivity contribution in [3.63, 3.8) is 0 Å². The Kier molecular flexibility index (Phi) is 6.45. The van der Waals surface area contributed by atoms with Gasteiger partial charge in [-0.2, -0.15) is 0 Å². The second-order valence-corrected chi connectivity index (χ2v) is 2.39. The molecule has 1 atom stereocenters. The molecule has 1 unspecified atom stereocenters. The van der Waals surface area contributed by atoms with Crippen molar-refractivity contribution in [2.45, 2.75) is 19.3 Å². The van der Waals surface area contributed by atoms with Gasteiger partial charge >= 0.3 is 0 Å². The van der Waals surface area contributed by atoms with Crippen LogP contribution >= 0.6 is 0 Å². The Balaban J connectivity index is 3.34. The number of aliphatic hydroxyl groups is 1. The van der Waals surface area contributed by atoms with Crippen molar-refractivity contribution in [1.82, 2.24) is 5.32 Å². The van der Waals surface area contributed by atoms with Crippen LogP contribution in [0.1, 0.15) is 6.92 Å². The summed E-state index contributed by atoms with van der Waals surface area (Å²) in [7, 11) is 3.17. The second kappa shape index (κ2) is 6.54. The third-order valence-electron chi connectivity index (χ3n) is 1.43. The number of ether oxygens (including phenoxy) is 2. The van der Waals surface area contributed by atoms with Crippen LogP contribution < -0.4 is 5.32 Å². The smallest absolute Gasteiger partial charge is 0.169 e. The SMILES string of the molecule is COC(CNC(C)CO)OC. The van der Waals surface area contributed by atoms with Crippen LogP contribution in [0.15, 0.2) is 0 Å². The van der Waals surface area contributed by atoms with Gasteiger partial charge in [0.05, 0.1) is 6.61 Å². The largest absolute Gasteiger partial charge is 0.395 e. The van der Waals surface area contributed by atoms with E-state index < -0.39 is 0 Å². The van der Waals surface area contributed by atoms with Crippen LogP contribution in [0.3, 0.4) is 0 Å². The van der Waals surface area contributed by atoms with Crippen LogP contribution in [0.4, 0.5) is 0 Å². The molecular weight excluding hydrogens is 146 g/mol. The Morgan fingerprint density at radius 1 is 1.36 bits per heavy atom. The number of hydrogen-bond acceptors (Lipinski definition) is 4. The topological polar surface area (TPSA) is 50.7 Å². The highest BCUT2D eigenvalue weighted by Gasteiger charge is 2.05. The first-order valence-electron chi connectivity index (χ1n) is 3.64. The molecule has 0 radical (unpaired) electrons. The predicted octanol–water partition coefficient (Wildman–Crippen LogP) is -0.424. The Labute approximate surface area is 67.5 Å². The molecule has 0 aromatic carbocycles. The summed E-state index contributed by atoms with van der Waals surface area (Å²) in [6.45, 7) is 2.61. The van der Waals surface area contributed by atoms with E-state index in [9.17, 15) is 0 Å². The van der Waals surface area contributed by atoms with Crippen LogP contribution in [0.2, 0.25) is 0 Å². The quantitative estimate of drug-likeness (QED) is 0.522. The molecule has 0 aromatic rings. The summed E-state index contributed by atoms with van der Waals surface area (Å²) in [4.78, 5) is 0. The molecule has 4 nitrogen and oxygen atoms in total. The van der Waals surface area contributed by atoms with Crippen molar-refractivity contribution in [2.24, 2.45) is 0 Å². The summed E-state index contributed by atoms with van der Waals surface area (Å²) in [6.07, 6.45) is -0.232. The fourth-order valence-corrected chi connectivity index (χ4v) is 0.625. The van der Waals surface area contributed by atoms with Gasteiger partial charge in [-0.25, -0.2) is 0 Å². The lowest BCUT2D eigenvalue weighted by Gasteiger charge is -2.16. The van der Waals surface area contributed by atoms with Crippen LogP contribution in [0.25, 0.3) is 0 Å². The molecule has 0 amide bonds. The zero-order valence-electron chi connectivity index (χ0n) is 7.33.